The normalized spacial score (nSPS) is 12.6. The number of rotatable bonds is 4. The number of halogens is 1. The van der Waals surface area contributed by atoms with Gasteiger partial charge in [0.1, 0.15) is 11.9 Å². The number of thiophene rings is 1. The van der Waals surface area contributed by atoms with Crippen LogP contribution in [0.1, 0.15) is 23.5 Å². The van der Waals surface area contributed by atoms with Gasteiger partial charge in [-0.1, -0.05) is 19.9 Å². The van der Waals surface area contributed by atoms with E-state index < -0.39 is 17.9 Å². The lowest BCUT2D eigenvalue weighted by Gasteiger charge is -2.17. The van der Waals surface area contributed by atoms with E-state index in [2.05, 4.69) is 5.32 Å². The molecule has 0 aliphatic rings. The smallest absolute Gasteiger partial charge is 0.326 e. The van der Waals surface area contributed by atoms with Crippen molar-refractivity contribution in [2.75, 3.05) is 0 Å². The Bertz CT molecular complexity index is 665. The van der Waals surface area contributed by atoms with E-state index in [9.17, 15) is 14.0 Å². The molecule has 1 unspecified atom stereocenters. The molecule has 2 rings (SSSR count). The van der Waals surface area contributed by atoms with Gasteiger partial charge in [-0.15, -0.1) is 11.3 Å². The maximum atomic E-state index is 13.1. The first-order valence-electron chi connectivity index (χ1n) is 6.11. The summed E-state index contributed by atoms with van der Waals surface area (Å²) in [6, 6.07) is 4.96. The van der Waals surface area contributed by atoms with Gasteiger partial charge in [0.15, 0.2) is 0 Å². The highest BCUT2D eigenvalue weighted by Crippen LogP contribution is 2.26. The van der Waals surface area contributed by atoms with Gasteiger partial charge in [-0.2, -0.15) is 0 Å². The molecule has 4 nitrogen and oxygen atoms in total. The van der Waals surface area contributed by atoms with Gasteiger partial charge in [-0.05, 0) is 29.5 Å². The molecular formula is C14H14FNO3S. The summed E-state index contributed by atoms with van der Waals surface area (Å²) in [6.45, 7) is 3.44. The molecule has 0 spiro atoms. The Morgan fingerprint density at radius 2 is 2.00 bits per heavy atom. The lowest BCUT2D eigenvalue weighted by molar-refractivity contribution is -0.140. The molecule has 1 aromatic carbocycles. The first-order valence-corrected chi connectivity index (χ1v) is 6.93. The summed E-state index contributed by atoms with van der Waals surface area (Å²) in [5, 5.41) is 12.3. The largest absolute Gasteiger partial charge is 0.480 e. The van der Waals surface area contributed by atoms with Crippen molar-refractivity contribution >= 4 is 33.3 Å². The van der Waals surface area contributed by atoms with Crippen LogP contribution < -0.4 is 5.32 Å². The summed E-state index contributed by atoms with van der Waals surface area (Å²) in [6.07, 6.45) is 0. The highest BCUT2D eigenvalue weighted by Gasteiger charge is 2.24. The second-order valence-electron chi connectivity index (χ2n) is 4.83. The van der Waals surface area contributed by atoms with E-state index >= 15 is 0 Å². The van der Waals surface area contributed by atoms with Crippen LogP contribution >= 0.6 is 11.3 Å². The minimum atomic E-state index is -1.07. The second-order valence-corrected chi connectivity index (χ2v) is 5.91. The number of nitrogens with one attached hydrogen (secondary N) is 1. The van der Waals surface area contributed by atoms with Gasteiger partial charge in [0.25, 0.3) is 5.91 Å². The number of fused-ring (bicyclic) bond motifs is 1. The van der Waals surface area contributed by atoms with Gasteiger partial charge in [0, 0.05) is 4.70 Å². The minimum absolute atomic E-state index is 0.219. The Morgan fingerprint density at radius 1 is 1.30 bits per heavy atom. The van der Waals surface area contributed by atoms with Crippen molar-refractivity contribution in [2.24, 2.45) is 5.92 Å². The van der Waals surface area contributed by atoms with E-state index in [1.165, 1.54) is 12.1 Å². The molecule has 20 heavy (non-hydrogen) atoms. The van der Waals surface area contributed by atoms with Crippen molar-refractivity contribution in [3.8, 4) is 0 Å². The molecule has 0 bridgehead atoms. The standard InChI is InChI=1S/C14H14FNO3S/c1-7(2)12(14(18)19)16-13(17)11-5-8-3-4-9(15)6-10(8)20-11/h3-7,12H,1-2H3,(H,16,17)(H,18,19). The topological polar surface area (TPSA) is 66.4 Å². The summed E-state index contributed by atoms with van der Waals surface area (Å²) in [5.74, 6) is -2.10. The van der Waals surface area contributed by atoms with Gasteiger partial charge in [0.05, 0.1) is 4.88 Å². The van der Waals surface area contributed by atoms with Crippen molar-refractivity contribution in [2.45, 2.75) is 19.9 Å². The van der Waals surface area contributed by atoms with Crippen LogP contribution in [-0.2, 0) is 4.79 Å². The fourth-order valence-electron chi connectivity index (χ4n) is 1.84. The van der Waals surface area contributed by atoms with E-state index in [1.54, 1.807) is 26.0 Å². The van der Waals surface area contributed by atoms with Crippen molar-refractivity contribution in [1.29, 1.82) is 0 Å². The predicted molar refractivity (Wildman–Crippen MR) is 75.5 cm³/mol. The van der Waals surface area contributed by atoms with E-state index in [0.717, 1.165) is 16.7 Å². The Hall–Kier alpha value is -1.95. The lowest BCUT2D eigenvalue weighted by Crippen LogP contribution is -2.44. The molecule has 1 aromatic heterocycles. The molecule has 106 valence electrons. The summed E-state index contributed by atoms with van der Waals surface area (Å²) >= 11 is 1.14. The number of amides is 1. The number of hydrogen-bond acceptors (Lipinski definition) is 3. The van der Waals surface area contributed by atoms with Crippen LogP contribution in [0.15, 0.2) is 24.3 Å². The van der Waals surface area contributed by atoms with E-state index in [1.807, 2.05) is 0 Å². The number of benzene rings is 1. The maximum Gasteiger partial charge on any atom is 0.326 e. The van der Waals surface area contributed by atoms with Gasteiger partial charge in [-0.25, -0.2) is 9.18 Å². The van der Waals surface area contributed by atoms with Gasteiger partial charge in [0.2, 0.25) is 0 Å². The highest BCUT2D eigenvalue weighted by atomic mass is 32.1. The van der Waals surface area contributed by atoms with Crippen LogP contribution in [-0.4, -0.2) is 23.0 Å². The first kappa shape index (κ1) is 14.5. The second kappa shape index (κ2) is 5.58. The zero-order chi connectivity index (χ0) is 14.9. The number of carboxylic acid groups (broad SMARTS) is 1. The zero-order valence-electron chi connectivity index (χ0n) is 11.0. The summed E-state index contributed by atoms with van der Waals surface area (Å²) < 4.78 is 13.8. The van der Waals surface area contributed by atoms with Gasteiger partial charge < -0.3 is 10.4 Å². The molecule has 1 atom stereocenters. The Balaban J connectivity index is 2.25. The third-order valence-corrected chi connectivity index (χ3v) is 4.02. The average molecular weight is 295 g/mol. The zero-order valence-corrected chi connectivity index (χ0v) is 11.8. The fourth-order valence-corrected chi connectivity index (χ4v) is 2.83. The molecule has 0 aliphatic carbocycles. The van der Waals surface area contributed by atoms with Crippen molar-refractivity contribution in [3.63, 3.8) is 0 Å². The Kier molecular flexibility index (Phi) is 4.04. The number of carboxylic acids is 1. The molecule has 0 radical (unpaired) electrons. The molecule has 1 heterocycles. The van der Waals surface area contributed by atoms with Crippen LogP contribution in [0.3, 0.4) is 0 Å². The maximum absolute atomic E-state index is 13.1. The van der Waals surface area contributed by atoms with E-state index in [0.29, 0.717) is 9.58 Å². The third kappa shape index (κ3) is 2.96. The fraction of sp³-hybridized carbons (Fsp3) is 0.286. The van der Waals surface area contributed by atoms with Gasteiger partial charge in [-0.3, -0.25) is 4.79 Å². The van der Waals surface area contributed by atoms with Crippen LogP contribution in [0.25, 0.3) is 10.1 Å². The predicted octanol–water partition coefficient (Wildman–Crippen LogP) is 2.88. The third-order valence-electron chi connectivity index (χ3n) is 2.93. The monoisotopic (exact) mass is 295 g/mol. The Morgan fingerprint density at radius 3 is 2.60 bits per heavy atom. The molecule has 0 saturated heterocycles. The van der Waals surface area contributed by atoms with Crippen LogP contribution in [0.4, 0.5) is 4.39 Å². The van der Waals surface area contributed by atoms with Crippen molar-refractivity contribution in [3.05, 3.63) is 35.0 Å². The quantitative estimate of drug-likeness (QED) is 0.911. The summed E-state index contributed by atoms with van der Waals surface area (Å²) in [5.41, 5.74) is 0. The molecule has 0 aliphatic heterocycles. The van der Waals surface area contributed by atoms with E-state index in [-0.39, 0.29) is 11.7 Å². The van der Waals surface area contributed by atoms with Crippen molar-refractivity contribution < 1.29 is 19.1 Å². The number of aliphatic carboxylic acids is 1. The molecule has 2 N–H and O–H groups in total. The highest BCUT2D eigenvalue weighted by molar-refractivity contribution is 7.20. The SMILES string of the molecule is CC(C)C(NC(=O)c1cc2ccc(F)cc2s1)C(=O)O. The summed E-state index contributed by atoms with van der Waals surface area (Å²) in [7, 11) is 0. The van der Waals surface area contributed by atoms with Crippen LogP contribution in [0.5, 0.6) is 0 Å². The molecule has 0 fully saturated rings. The lowest BCUT2D eigenvalue weighted by atomic mass is 10.0. The summed E-state index contributed by atoms with van der Waals surface area (Å²) in [4.78, 5) is 23.5. The first-order chi connectivity index (χ1) is 9.38. The Labute approximate surface area is 119 Å². The minimum Gasteiger partial charge on any atom is -0.480 e. The molecule has 0 saturated carbocycles. The van der Waals surface area contributed by atoms with Crippen LogP contribution in [0, 0.1) is 11.7 Å². The number of hydrogen-bond donors (Lipinski definition) is 2. The van der Waals surface area contributed by atoms with Crippen LogP contribution in [0.2, 0.25) is 0 Å². The van der Waals surface area contributed by atoms with E-state index in [4.69, 9.17) is 5.11 Å². The number of carbonyl (C=O) groups is 2. The molecule has 1 amide bonds. The van der Waals surface area contributed by atoms with Gasteiger partial charge >= 0.3 is 5.97 Å². The average Bonchev–Trinajstić information content (AvgIpc) is 2.77. The molecular weight excluding hydrogens is 281 g/mol. The molecule has 6 heteroatoms. The van der Waals surface area contributed by atoms with Crippen molar-refractivity contribution in [1.82, 2.24) is 5.32 Å². The number of carbonyl (C=O) groups excluding carboxylic acids is 1. The molecule has 2 aromatic rings.